The van der Waals surface area contributed by atoms with Gasteiger partial charge in [0.25, 0.3) is 0 Å². The Hall–Kier alpha value is -9.14. The number of nitrogens with zero attached hydrogens (tertiary/aromatic N) is 1. The average molecular weight is 959 g/mol. The van der Waals surface area contributed by atoms with Gasteiger partial charge in [-0.2, -0.15) is 0 Å². The second-order valence-corrected chi connectivity index (χ2v) is 17.6. The molecule has 0 aliphatic heterocycles. The third-order valence-electron chi connectivity index (χ3n) is 14.2. The Morgan fingerprint density at radius 3 is 1.24 bits per heavy atom. The summed E-state index contributed by atoms with van der Waals surface area (Å²) < 4.78 is 1.00. The molecule has 0 spiro atoms. The van der Waals surface area contributed by atoms with E-state index in [-0.39, 0.29) is 54.5 Å². The third-order valence-corrected chi connectivity index (χ3v) is 14.2. The van der Waals surface area contributed by atoms with Gasteiger partial charge in [0.2, 0.25) is 11.5 Å². The highest BCUT2D eigenvalue weighted by Gasteiger charge is 2.38. The number of rotatable bonds is 4. The minimum absolute atomic E-state index is 0.0178. The van der Waals surface area contributed by atoms with E-state index < -0.39 is 170 Å². The lowest BCUT2D eigenvalue weighted by molar-refractivity contribution is 0.365. The normalized spacial score (nSPS) is 11.8. The van der Waals surface area contributed by atoms with Crippen LogP contribution in [0.15, 0.2) is 0 Å². The molecule has 7 aromatic carbocycles. The summed E-state index contributed by atoms with van der Waals surface area (Å²) in [7, 11) is 10.5. The number of hydrogen-bond acceptors (Lipinski definition) is 19. The zero-order valence-corrected chi connectivity index (χ0v) is 38.4. The van der Waals surface area contributed by atoms with Gasteiger partial charge in [0.1, 0.15) is 97.2 Å². The van der Waals surface area contributed by atoms with Crippen LogP contribution < -0.4 is 43.7 Å². The molecule has 20 N–H and O–H groups in total. The molecule has 0 radical (unpaired) electrons. The van der Waals surface area contributed by atoms with Gasteiger partial charge in [-0.25, -0.2) is 0 Å². The van der Waals surface area contributed by atoms with E-state index in [9.17, 15) is 97.0 Å². The number of aromatic hydroxyl groups is 19. The van der Waals surface area contributed by atoms with Gasteiger partial charge in [0.05, 0.1) is 55.1 Å². The smallest absolute Gasteiger partial charge is 0.201 e. The lowest BCUT2D eigenvalue weighted by atomic mass is 9.70. The summed E-state index contributed by atoms with van der Waals surface area (Å²) in [5, 5.41) is 218. The van der Waals surface area contributed by atoms with Crippen LogP contribution >= 0.6 is 0 Å². The van der Waals surface area contributed by atoms with Crippen molar-refractivity contribution in [3.8, 4) is 148 Å². The predicted octanol–water partition coefficient (Wildman–Crippen LogP) is -8.11. The first-order chi connectivity index (χ1) is 33.1. The Bertz CT molecular complexity index is 3980. The second kappa shape index (κ2) is 14.9. The van der Waals surface area contributed by atoms with Crippen LogP contribution in [0.5, 0.6) is 109 Å². The second-order valence-electron chi connectivity index (χ2n) is 17.6. The summed E-state index contributed by atoms with van der Waals surface area (Å²) in [6.45, 7) is 0. The lowest BCUT2D eigenvalue weighted by Crippen LogP contribution is -2.39. The van der Waals surface area contributed by atoms with Crippen molar-refractivity contribution in [3.63, 3.8) is 0 Å². The van der Waals surface area contributed by atoms with E-state index in [0.29, 0.717) is 10.9 Å². The van der Waals surface area contributed by atoms with Crippen molar-refractivity contribution in [1.82, 2.24) is 9.55 Å². The SMILES string of the molecule is Bc1c(O)c(O)c(O)c(-c2c(B)c(O)c(-c3c(O)c(O)c(B)c(-c4c(O)c(B)c(O)c(O)c4-n4c5c(O)c(B)c(B)c(B)c5c5c(O)c(O)c6c([nH]c7c(O)c(O)c(O)c(B)c76)c54)c3O)c(O)c2O)c1O. The Labute approximate surface area is 403 Å². The van der Waals surface area contributed by atoms with Gasteiger partial charge < -0.3 is 102 Å². The summed E-state index contributed by atoms with van der Waals surface area (Å²) in [6, 6.07) is 0. The molecule has 9 aromatic rings. The first kappa shape index (κ1) is 46.9. The van der Waals surface area contributed by atoms with Crippen molar-refractivity contribution in [1.29, 1.82) is 0 Å². The molecule has 352 valence electrons. The number of aromatic nitrogens is 2. The molecule has 0 amide bonds. The first-order valence-electron chi connectivity index (χ1n) is 21.2. The molecular weight excluding hydrogens is 923 g/mol. The standard InChI is InChI=1S/C42H36B8N2O19/c43-11-2-6-21(19-5(29(58)30(6)59)1-12(44)36(65)42(71)39(68)20(1)51-19)52(22(2)34(63)16(48)15(11)47)23-7(25(54)17(49)37(66)40(23)69)3-14(46)35(64)32(61)9(24(3)53)10-26(55)13(45)4(28(57)31(10)60)8-27(56)18(50)38(67)41(70)33(8)62/h51,53-71H,43-50H2. The summed E-state index contributed by atoms with van der Waals surface area (Å²) in [5.41, 5.74) is -8.07. The highest BCUT2D eigenvalue weighted by Crippen LogP contribution is 2.60. The predicted molar refractivity (Wildman–Crippen MR) is 284 cm³/mol. The highest BCUT2D eigenvalue weighted by molar-refractivity contribution is 6.62. The Morgan fingerprint density at radius 2 is 0.634 bits per heavy atom. The number of nitrogens with one attached hydrogen (secondary N) is 1. The number of H-pyrrole nitrogens is 1. The van der Waals surface area contributed by atoms with Crippen molar-refractivity contribution in [2.24, 2.45) is 0 Å². The van der Waals surface area contributed by atoms with Gasteiger partial charge in [-0.3, -0.25) is 4.57 Å². The number of fused-ring (bicyclic) bond motifs is 7. The molecule has 2 aromatic heterocycles. The number of phenolic OH excluding ortho intramolecular Hbond substituents is 19. The van der Waals surface area contributed by atoms with Crippen LogP contribution in [0.25, 0.3) is 82.7 Å². The maximum absolute atomic E-state index is 12.6. The van der Waals surface area contributed by atoms with Crippen LogP contribution in [0.3, 0.4) is 0 Å². The van der Waals surface area contributed by atoms with Crippen molar-refractivity contribution >= 4 is 150 Å². The van der Waals surface area contributed by atoms with E-state index in [0.717, 1.165) is 36.0 Å². The zero-order chi connectivity index (χ0) is 52.5. The van der Waals surface area contributed by atoms with E-state index in [1.807, 2.05) is 0 Å². The molecule has 0 atom stereocenters. The highest BCUT2D eigenvalue weighted by atomic mass is 16.3. The summed E-state index contributed by atoms with van der Waals surface area (Å²) >= 11 is 0. The molecular formula is C42H36B8N2O19. The van der Waals surface area contributed by atoms with Gasteiger partial charge in [-0.1, -0.05) is 16.4 Å². The van der Waals surface area contributed by atoms with Crippen LogP contribution in [-0.2, 0) is 0 Å². The van der Waals surface area contributed by atoms with E-state index in [1.54, 1.807) is 15.7 Å². The van der Waals surface area contributed by atoms with Crippen LogP contribution in [-0.4, -0.2) is 169 Å². The lowest BCUT2D eigenvalue weighted by Gasteiger charge is -2.25. The molecule has 0 saturated heterocycles. The fraction of sp³-hybridized carbons (Fsp3) is 0. The zero-order valence-electron chi connectivity index (χ0n) is 38.4. The minimum atomic E-state index is -1.40. The minimum Gasteiger partial charge on any atom is -0.508 e. The van der Waals surface area contributed by atoms with Crippen LogP contribution in [0.1, 0.15) is 0 Å². The Kier molecular flexibility index (Phi) is 9.87. The maximum atomic E-state index is 12.6. The molecule has 2 heterocycles. The first-order valence-corrected chi connectivity index (χ1v) is 21.2. The number of phenols is 19. The summed E-state index contributed by atoms with van der Waals surface area (Å²) in [4.78, 5) is 2.89. The van der Waals surface area contributed by atoms with Crippen LogP contribution in [0, 0.1) is 0 Å². The monoisotopic (exact) mass is 960 g/mol. The molecule has 0 aliphatic rings. The van der Waals surface area contributed by atoms with Gasteiger partial charge >= 0.3 is 0 Å². The van der Waals surface area contributed by atoms with Gasteiger partial charge in [0, 0.05) is 21.9 Å². The molecule has 0 aliphatic carbocycles. The maximum Gasteiger partial charge on any atom is 0.201 e. The van der Waals surface area contributed by atoms with E-state index in [1.165, 1.54) is 15.7 Å². The number of aromatic amines is 1. The summed E-state index contributed by atoms with van der Waals surface area (Å²) in [6.07, 6.45) is 0. The number of benzene rings is 7. The number of hydrogen-bond donors (Lipinski definition) is 20. The van der Waals surface area contributed by atoms with Crippen LogP contribution in [0.2, 0.25) is 0 Å². The molecule has 9 rings (SSSR count). The topological polar surface area (TPSA) is 405 Å². The fourth-order valence-electron chi connectivity index (χ4n) is 9.99. The van der Waals surface area contributed by atoms with Crippen LogP contribution in [0.4, 0.5) is 0 Å². The fourth-order valence-corrected chi connectivity index (χ4v) is 9.99. The van der Waals surface area contributed by atoms with Crippen molar-refractivity contribution in [2.75, 3.05) is 0 Å². The van der Waals surface area contributed by atoms with E-state index >= 15 is 0 Å². The summed E-state index contributed by atoms with van der Waals surface area (Å²) in [5.74, 6) is -19.7. The largest absolute Gasteiger partial charge is 0.508 e. The van der Waals surface area contributed by atoms with Gasteiger partial charge in [0.15, 0.2) is 69.0 Å². The molecule has 0 saturated carbocycles. The molecule has 21 nitrogen and oxygen atoms in total. The van der Waals surface area contributed by atoms with Crippen molar-refractivity contribution < 1.29 is 97.0 Å². The third kappa shape index (κ3) is 5.55. The van der Waals surface area contributed by atoms with Crippen molar-refractivity contribution in [3.05, 3.63) is 0 Å². The molecule has 71 heavy (non-hydrogen) atoms. The average Bonchev–Trinajstić information content (AvgIpc) is 3.91. The Balaban J connectivity index is 1.52. The van der Waals surface area contributed by atoms with Gasteiger partial charge in [-0.15, -0.1) is 0 Å². The van der Waals surface area contributed by atoms with Crippen molar-refractivity contribution in [2.45, 2.75) is 0 Å². The molecule has 29 heteroatoms. The Morgan fingerprint density at radius 1 is 0.225 bits per heavy atom. The van der Waals surface area contributed by atoms with E-state index in [2.05, 4.69) is 4.98 Å². The molecule has 0 fully saturated rings. The van der Waals surface area contributed by atoms with E-state index in [4.69, 9.17) is 0 Å². The van der Waals surface area contributed by atoms with Gasteiger partial charge in [-0.05, 0) is 27.3 Å². The quantitative estimate of drug-likeness (QED) is 0.0442. The molecule has 0 unspecified atom stereocenters. The molecule has 0 bridgehead atoms.